The molecular formula is C16H18O2S. The molecule has 0 aliphatic heterocycles. The molecule has 0 atom stereocenters. The molecule has 19 heavy (non-hydrogen) atoms. The van der Waals surface area contributed by atoms with Gasteiger partial charge in [-0.1, -0.05) is 12.1 Å². The van der Waals surface area contributed by atoms with Crippen LogP contribution in [0.2, 0.25) is 0 Å². The minimum Gasteiger partial charge on any atom is -0.491 e. The molecule has 1 aromatic carbocycles. The van der Waals surface area contributed by atoms with Gasteiger partial charge in [0.1, 0.15) is 5.75 Å². The average molecular weight is 274 g/mol. The van der Waals surface area contributed by atoms with Crippen LogP contribution in [0.3, 0.4) is 0 Å². The van der Waals surface area contributed by atoms with E-state index in [4.69, 9.17) is 4.74 Å². The highest BCUT2D eigenvalue weighted by Gasteiger charge is 2.15. The molecule has 1 aromatic heterocycles. The van der Waals surface area contributed by atoms with E-state index >= 15 is 0 Å². The summed E-state index contributed by atoms with van der Waals surface area (Å²) in [7, 11) is 0. The SMILES string of the molecule is Cc1cc(C)c(C(=O)c2cccc(OC(C)C)c2)s1. The lowest BCUT2D eigenvalue weighted by Crippen LogP contribution is -2.07. The monoisotopic (exact) mass is 274 g/mol. The van der Waals surface area contributed by atoms with Crippen molar-refractivity contribution in [1.29, 1.82) is 0 Å². The van der Waals surface area contributed by atoms with Gasteiger partial charge in [0.15, 0.2) is 0 Å². The van der Waals surface area contributed by atoms with Gasteiger partial charge in [-0.3, -0.25) is 4.79 Å². The molecule has 0 aliphatic carbocycles. The van der Waals surface area contributed by atoms with Crippen LogP contribution in [0.25, 0.3) is 0 Å². The molecule has 3 heteroatoms. The maximum Gasteiger partial charge on any atom is 0.203 e. The van der Waals surface area contributed by atoms with Crippen molar-refractivity contribution in [1.82, 2.24) is 0 Å². The number of thiophene rings is 1. The van der Waals surface area contributed by atoms with Crippen molar-refractivity contribution in [3.05, 3.63) is 51.2 Å². The highest BCUT2D eigenvalue weighted by molar-refractivity contribution is 7.14. The first kappa shape index (κ1) is 13.8. The summed E-state index contributed by atoms with van der Waals surface area (Å²) in [5.41, 5.74) is 1.73. The van der Waals surface area contributed by atoms with Crippen LogP contribution in [0.4, 0.5) is 0 Å². The second-order valence-electron chi connectivity index (χ2n) is 4.89. The van der Waals surface area contributed by atoms with Gasteiger partial charge in [0.05, 0.1) is 11.0 Å². The number of hydrogen-bond acceptors (Lipinski definition) is 3. The van der Waals surface area contributed by atoms with Gasteiger partial charge >= 0.3 is 0 Å². The van der Waals surface area contributed by atoms with E-state index in [1.807, 2.05) is 58.0 Å². The lowest BCUT2D eigenvalue weighted by Gasteiger charge is -2.10. The van der Waals surface area contributed by atoms with E-state index in [9.17, 15) is 4.79 Å². The summed E-state index contributed by atoms with van der Waals surface area (Å²) in [6.07, 6.45) is 0.107. The number of ether oxygens (including phenoxy) is 1. The molecule has 0 aliphatic rings. The van der Waals surface area contributed by atoms with Crippen LogP contribution in [0.15, 0.2) is 30.3 Å². The summed E-state index contributed by atoms with van der Waals surface area (Å²) < 4.78 is 5.63. The fraction of sp³-hybridized carbons (Fsp3) is 0.312. The zero-order valence-electron chi connectivity index (χ0n) is 11.7. The van der Waals surface area contributed by atoms with Crippen LogP contribution >= 0.6 is 11.3 Å². The topological polar surface area (TPSA) is 26.3 Å². The summed E-state index contributed by atoms with van der Waals surface area (Å²) in [4.78, 5) is 14.5. The third-order valence-corrected chi connectivity index (χ3v) is 3.87. The Hall–Kier alpha value is -1.61. The number of carbonyl (C=O) groups excluding carboxylic acids is 1. The van der Waals surface area contributed by atoms with Crippen LogP contribution in [-0.4, -0.2) is 11.9 Å². The van der Waals surface area contributed by atoms with E-state index in [2.05, 4.69) is 0 Å². The van der Waals surface area contributed by atoms with Crippen molar-refractivity contribution in [3.63, 3.8) is 0 Å². The van der Waals surface area contributed by atoms with E-state index in [1.54, 1.807) is 11.3 Å². The van der Waals surface area contributed by atoms with E-state index in [0.717, 1.165) is 21.1 Å². The molecule has 2 nitrogen and oxygen atoms in total. The summed E-state index contributed by atoms with van der Waals surface area (Å²) in [5, 5.41) is 0. The van der Waals surface area contributed by atoms with Crippen LogP contribution < -0.4 is 4.74 Å². The smallest absolute Gasteiger partial charge is 0.203 e. The minimum absolute atomic E-state index is 0.0739. The Balaban J connectivity index is 2.31. The number of ketones is 1. The van der Waals surface area contributed by atoms with Crippen molar-refractivity contribution in [2.45, 2.75) is 33.8 Å². The highest BCUT2D eigenvalue weighted by Crippen LogP contribution is 2.25. The van der Waals surface area contributed by atoms with Crippen LogP contribution in [0.1, 0.15) is 39.5 Å². The first-order chi connectivity index (χ1) is 8.97. The van der Waals surface area contributed by atoms with Crippen LogP contribution in [-0.2, 0) is 0 Å². The minimum atomic E-state index is 0.0739. The Morgan fingerprint density at radius 3 is 2.53 bits per heavy atom. The molecule has 0 spiro atoms. The fourth-order valence-electron chi connectivity index (χ4n) is 1.98. The fourth-order valence-corrected chi connectivity index (χ4v) is 2.97. The zero-order chi connectivity index (χ0) is 14.0. The van der Waals surface area contributed by atoms with Gasteiger partial charge in [0.2, 0.25) is 5.78 Å². The number of benzene rings is 1. The average Bonchev–Trinajstić information content (AvgIpc) is 2.67. The van der Waals surface area contributed by atoms with Crippen molar-refractivity contribution < 1.29 is 9.53 Å². The molecule has 100 valence electrons. The Kier molecular flexibility index (Phi) is 4.05. The normalized spacial score (nSPS) is 10.8. The van der Waals surface area contributed by atoms with Gasteiger partial charge in [0, 0.05) is 10.4 Å². The van der Waals surface area contributed by atoms with Crippen molar-refractivity contribution >= 4 is 17.1 Å². The molecule has 0 saturated carbocycles. The molecule has 0 amide bonds. The molecule has 0 radical (unpaired) electrons. The third kappa shape index (κ3) is 3.24. The predicted molar refractivity (Wildman–Crippen MR) is 79.4 cm³/mol. The van der Waals surface area contributed by atoms with Crippen molar-refractivity contribution in [2.75, 3.05) is 0 Å². The third-order valence-electron chi connectivity index (χ3n) is 2.72. The standard InChI is InChI=1S/C16H18O2S/c1-10(2)18-14-7-5-6-13(9-14)15(17)16-11(3)8-12(4)19-16/h5-10H,1-4H3. The molecular weight excluding hydrogens is 256 g/mol. The molecule has 0 unspecified atom stereocenters. The van der Waals surface area contributed by atoms with Gasteiger partial charge < -0.3 is 4.74 Å². The second kappa shape index (κ2) is 5.57. The number of carbonyl (C=O) groups is 1. The molecule has 0 N–H and O–H groups in total. The Bertz CT molecular complexity index is 597. The molecule has 1 heterocycles. The first-order valence-electron chi connectivity index (χ1n) is 6.36. The van der Waals surface area contributed by atoms with E-state index in [0.29, 0.717) is 5.56 Å². The molecule has 2 aromatic rings. The Morgan fingerprint density at radius 1 is 1.21 bits per heavy atom. The molecule has 2 rings (SSSR count). The van der Waals surface area contributed by atoms with E-state index in [-0.39, 0.29) is 11.9 Å². The molecule has 0 fully saturated rings. The quantitative estimate of drug-likeness (QED) is 0.773. The van der Waals surface area contributed by atoms with Gasteiger partial charge in [-0.2, -0.15) is 0 Å². The van der Waals surface area contributed by atoms with E-state index in [1.165, 1.54) is 0 Å². The number of hydrogen-bond donors (Lipinski definition) is 0. The van der Waals surface area contributed by atoms with Crippen LogP contribution in [0, 0.1) is 13.8 Å². The lowest BCUT2D eigenvalue weighted by molar-refractivity contribution is 0.104. The molecule has 0 bridgehead atoms. The molecule has 0 saturated heterocycles. The van der Waals surface area contributed by atoms with Gasteiger partial charge in [0.25, 0.3) is 0 Å². The maximum atomic E-state index is 12.5. The van der Waals surface area contributed by atoms with Gasteiger partial charge in [-0.15, -0.1) is 11.3 Å². The summed E-state index contributed by atoms with van der Waals surface area (Å²) in [6.45, 7) is 7.94. The van der Waals surface area contributed by atoms with Gasteiger partial charge in [-0.25, -0.2) is 0 Å². The van der Waals surface area contributed by atoms with E-state index < -0.39 is 0 Å². The lowest BCUT2D eigenvalue weighted by atomic mass is 10.1. The van der Waals surface area contributed by atoms with Gasteiger partial charge in [-0.05, 0) is 51.5 Å². The second-order valence-corrected chi connectivity index (χ2v) is 6.15. The number of aryl methyl sites for hydroxylation is 2. The number of rotatable bonds is 4. The summed E-state index contributed by atoms with van der Waals surface area (Å²) in [6, 6.07) is 9.44. The summed E-state index contributed by atoms with van der Waals surface area (Å²) in [5.74, 6) is 0.816. The highest BCUT2D eigenvalue weighted by atomic mass is 32.1. The van der Waals surface area contributed by atoms with Crippen molar-refractivity contribution in [2.24, 2.45) is 0 Å². The van der Waals surface area contributed by atoms with Crippen LogP contribution in [0.5, 0.6) is 5.75 Å². The zero-order valence-corrected chi connectivity index (χ0v) is 12.5. The Morgan fingerprint density at radius 2 is 1.95 bits per heavy atom. The Labute approximate surface area is 118 Å². The first-order valence-corrected chi connectivity index (χ1v) is 7.17. The predicted octanol–water partition coefficient (Wildman–Crippen LogP) is 4.38. The summed E-state index contributed by atoms with van der Waals surface area (Å²) >= 11 is 1.55. The van der Waals surface area contributed by atoms with Crippen molar-refractivity contribution in [3.8, 4) is 5.75 Å². The largest absolute Gasteiger partial charge is 0.491 e. The maximum absolute atomic E-state index is 12.5.